The third kappa shape index (κ3) is 3.98. The minimum absolute atomic E-state index is 0. The molecule has 140 valence electrons. The molecule has 1 saturated heterocycles. The van der Waals surface area contributed by atoms with Crippen LogP contribution in [0.3, 0.4) is 0 Å². The predicted octanol–water partition coefficient (Wildman–Crippen LogP) is 1.98. The molecule has 3 unspecified atom stereocenters. The zero-order valence-corrected chi connectivity index (χ0v) is 18.1. The molecule has 1 aliphatic carbocycles. The number of ether oxygens (including phenoxy) is 1. The first kappa shape index (κ1) is 21.5. The number of halogens is 1. The molecule has 0 aromatic rings. The lowest BCUT2D eigenvalue weighted by Crippen LogP contribution is -2.69. The Hall–Kier alpha value is -0.570. The first-order valence-electron chi connectivity index (χ1n) is 8.60. The molecular formula is C17H33IN4O2. The van der Waals surface area contributed by atoms with Crippen LogP contribution in [-0.4, -0.2) is 61.7 Å². The van der Waals surface area contributed by atoms with Crippen LogP contribution in [0, 0.1) is 5.41 Å². The van der Waals surface area contributed by atoms with Crippen LogP contribution in [0.25, 0.3) is 0 Å². The lowest BCUT2D eigenvalue weighted by molar-refractivity contribution is -0.176. The van der Waals surface area contributed by atoms with Crippen LogP contribution in [0.5, 0.6) is 0 Å². The van der Waals surface area contributed by atoms with Crippen molar-refractivity contribution < 1.29 is 9.53 Å². The van der Waals surface area contributed by atoms with Crippen molar-refractivity contribution in [2.24, 2.45) is 10.4 Å². The minimum atomic E-state index is -0.0960. The number of hydrogen-bond donors (Lipinski definition) is 2. The van der Waals surface area contributed by atoms with E-state index in [1.807, 2.05) is 11.8 Å². The van der Waals surface area contributed by atoms with Crippen molar-refractivity contribution in [3.05, 3.63) is 0 Å². The fraction of sp³-hybridized carbons (Fsp3) is 0.882. The summed E-state index contributed by atoms with van der Waals surface area (Å²) < 4.78 is 5.68. The Labute approximate surface area is 163 Å². The number of rotatable bonds is 4. The van der Waals surface area contributed by atoms with Gasteiger partial charge in [0, 0.05) is 51.2 Å². The summed E-state index contributed by atoms with van der Waals surface area (Å²) in [6.07, 6.45) is 2.50. The van der Waals surface area contributed by atoms with Crippen molar-refractivity contribution in [2.75, 3.05) is 27.2 Å². The molecule has 1 aliphatic heterocycles. The first-order valence-corrected chi connectivity index (χ1v) is 8.60. The van der Waals surface area contributed by atoms with E-state index >= 15 is 0 Å². The molecular weight excluding hydrogens is 419 g/mol. The van der Waals surface area contributed by atoms with E-state index in [0.29, 0.717) is 12.5 Å². The number of hydrogen-bond acceptors (Lipinski definition) is 3. The van der Waals surface area contributed by atoms with Gasteiger partial charge in [-0.05, 0) is 19.8 Å². The smallest absolute Gasteiger partial charge is 0.222 e. The van der Waals surface area contributed by atoms with E-state index < -0.39 is 0 Å². The summed E-state index contributed by atoms with van der Waals surface area (Å²) in [5.74, 6) is 1.05. The highest BCUT2D eigenvalue weighted by atomic mass is 127. The fourth-order valence-electron chi connectivity index (χ4n) is 3.58. The maximum Gasteiger partial charge on any atom is 0.222 e. The van der Waals surface area contributed by atoms with Gasteiger partial charge < -0.3 is 20.3 Å². The van der Waals surface area contributed by atoms with Gasteiger partial charge in [0.25, 0.3) is 0 Å². The van der Waals surface area contributed by atoms with Gasteiger partial charge in [-0.3, -0.25) is 9.79 Å². The molecule has 0 aromatic heterocycles. The van der Waals surface area contributed by atoms with Gasteiger partial charge in [0.05, 0.1) is 5.60 Å². The maximum atomic E-state index is 11.8. The number of nitrogens with zero attached hydrogens (tertiary/aromatic N) is 2. The number of carbonyl (C=O) groups is 1. The molecule has 0 spiro atoms. The summed E-state index contributed by atoms with van der Waals surface area (Å²) in [6, 6.07) is 0.599. The molecule has 0 bridgehead atoms. The highest BCUT2D eigenvalue weighted by Gasteiger charge is 2.58. The van der Waals surface area contributed by atoms with Gasteiger partial charge in [0.2, 0.25) is 5.91 Å². The quantitative estimate of drug-likeness (QED) is 0.389. The van der Waals surface area contributed by atoms with Crippen LogP contribution < -0.4 is 10.6 Å². The second-order valence-electron chi connectivity index (χ2n) is 7.45. The third-order valence-electron chi connectivity index (χ3n) is 6.00. The molecule has 7 heteroatoms. The fourth-order valence-corrected chi connectivity index (χ4v) is 3.58. The SMILES string of the molecule is CCC(=O)N1CCC(NC(=NC)NC2CC(C)(OC)C2(C)C)C1.I. The Morgan fingerprint density at radius 3 is 2.50 bits per heavy atom. The minimum Gasteiger partial charge on any atom is -0.378 e. The normalized spacial score (nSPS) is 31.9. The molecule has 0 aromatic carbocycles. The van der Waals surface area contributed by atoms with Crippen molar-refractivity contribution in [1.29, 1.82) is 0 Å². The van der Waals surface area contributed by atoms with E-state index in [4.69, 9.17) is 4.74 Å². The number of amides is 1. The molecule has 1 heterocycles. The first-order chi connectivity index (χ1) is 10.8. The summed E-state index contributed by atoms with van der Waals surface area (Å²) in [7, 11) is 3.57. The van der Waals surface area contributed by atoms with Crippen LogP contribution >= 0.6 is 24.0 Å². The standard InChI is InChI=1S/C17H32N4O2.HI/c1-7-14(22)21-9-8-12(11-21)19-15(18-5)20-13-10-17(4,23-6)16(13,2)3;/h12-13H,7-11H2,1-6H3,(H2,18,19,20);1H. The number of methoxy groups -OCH3 is 1. The molecule has 1 saturated carbocycles. The number of nitrogens with one attached hydrogen (secondary N) is 2. The number of guanidine groups is 1. The molecule has 24 heavy (non-hydrogen) atoms. The Morgan fingerprint density at radius 2 is 2.00 bits per heavy atom. The molecule has 6 nitrogen and oxygen atoms in total. The maximum absolute atomic E-state index is 11.8. The van der Waals surface area contributed by atoms with Crippen LogP contribution in [-0.2, 0) is 9.53 Å². The van der Waals surface area contributed by atoms with Crippen LogP contribution in [0.15, 0.2) is 4.99 Å². The Kier molecular flexibility index (Phi) is 7.34. The second kappa shape index (κ2) is 8.21. The number of likely N-dealkylation sites (tertiary alicyclic amines) is 1. The lowest BCUT2D eigenvalue weighted by atomic mass is 9.56. The lowest BCUT2D eigenvalue weighted by Gasteiger charge is -2.59. The Morgan fingerprint density at radius 1 is 1.33 bits per heavy atom. The highest BCUT2D eigenvalue weighted by Crippen LogP contribution is 2.51. The molecule has 1 amide bonds. The largest absolute Gasteiger partial charge is 0.378 e. The molecule has 2 N–H and O–H groups in total. The molecule has 2 fully saturated rings. The number of carbonyl (C=O) groups excluding carboxylic acids is 1. The van der Waals surface area contributed by atoms with E-state index in [1.165, 1.54) is 0 Å². The van der Waals surface area contributed by atoms with Crippen LogP contribution in [0.4, 0.5) is 0 Å². The summed E-state index contributed by atoms with van der Waals surface area (Å²) in [5, 5.41) is 6.98. The zero-order valence-electron chi connectivity index (χ0n) is 15.8. The topological polar surface area (TPSA) is 66.0 Å². The van der Waals surface area contributed by atoms with E-state index in [-0.39, 0.29) is 46.9 Å². The van der Waals surface area contributed by atoms with Gasteiger partial charge in [-0.2, -0.15) is 0 Å². The van der Waals surface area contributed by atoms with Crippen molar-refractivity contribution in [1.82, 2.24) is 15.5 Å². The molecule has 2 aliphatic rings. The Bertz CT molecular complexity index is 483. The van der Waals surface area contributed by atoms with Gasteiger partial charge in [-0.15, -0.1) is 24.0 Å². The van der Waals surface area contributed by atoms with Crippen LogP contribution in [0.1, 0.15) is 47.0 Å². The summed E-state index contributed by atoms with van der Waals surface area (Å²) >= 11 is 0. The van der Waals surface area contributed by atoms with Crippen molar-refractivity contribution >= 4 is 35.8 Å². The van der Waals surface area contributed by atoms with Crippen molar-refractivity contribution in [3.8, 4) is 0 Å². The molecule has 3 atom stereocenters. The van der Waals surface area contributed by atoms with Gasteiger partial charge in [0.15, 0.2) is 5.96 Å². The van der Waals surface area contributed by atoms with Gasteiger partial charge in [-0.25, -0.2) is 0 Å². The molecule has 2 rings (SSSR count). The average molecular weight is 452 g/mol. The van der Waals surface area contributed by atoms with E-state index in [0.717, 1.165) is 31.9 Å². The number of aliphatic imine (C=N–C) groups is 1. The summed E-state index contributed by atoms with van der Waals surface area (Å²) in [4.78, 5) is 18.1. The van der Waals surface area contributed by atoms with E-state index in [1.54, 1.807) is 14.2 Å². The summed E-state index contributed by atoms with van der Waals surface area (Å²) in [5.41, 5.74) is -0.0551. The van der Waals surface area contributed by atoms with Gasteiger partial charge in [-0.1, -0.05) is 20.8 Å². The summed E-state index contributed by atoms with van der Waals surface area (Å²) in [6.45, 7) is 10.1. The van der Waals surface area contributed by atoms with Gasteiger partial charge in [0.1, 0.15) is 0 Å². The Balaban J connectivity index is 0.00000288. The predicted molar refractivity (Wildman–Crippen MR) is 108 cm³/mol. The molecule has 0 radical (unpaired) electrons. The van der Waals surface area contributed by atoms with Crippen LogP contribution in [0.2, 0.25) is 0 Å². The zero-order chi connectivity index (χ0) is 17.3. The monoisotopic (exact) mass is 452 g/mol. The van der Waals surface area contributed by atoms with Gasteiger partial charge >= 0.3 is 0 Å². The second-order valence-corrected chi connectivity index (χ2v) is 7.45. The average Bonchev–Trinajstić information content (AvgIpc) is 3.00. The third-order valence-corrected chi connectivity index (χ3v) is 6.00. The van der Waals surface area contributed by atoms with E-state index in [9.17, 15) is 4.79 Å². The van der Waals surface area contributed by atoms with Crippen molar-refractivity contribution in [3.63, 3.8) is 0 Å². The van der Waals surface area contributed by atoms with Crippen molar-refractivity contribution in [2.45, 2.75) is 64.6 Å². The van der Waals surface area contributed by atoms with E-state index in [2.05, 4.69) is 36.4 Å². The highest BCUT2D eigenvalue weighted by molar-refractivity contribution is 14.0.